The first-order valence-electron chi connectivity index (χ1n) is 6.37. The van der Waals surface area contributed by atoms with Gasteiger partial charge in [-0.3, -0.25) is 4.84 Å². The third-order valence-corrected chi connectivity index (χ3v) is 3.16. The Morgan fingerprint density at radius 2 is 1.81 bits per heavy atom. The lowest BCUT2D eigenvalue weighted by Gasteiger charge is -2.21. The first kappa shape index (κ1) is 11.6. The second-order valence-electron chi connectivity index (χ2n) is 4.51. The molecule has 2 nitrogen and oxygen atoms in total. The van der Waals surface area contributed by atoms with Gasteiger partial charge in [0, 0.05) is 6.54 Å². The van der Waals surface area contributed by atoms with Gasteiger partial charge in [-0.15, -0.1) is 0 Å². The van der Waals surface area contributed by atoms with Crippen molar-refractivity contribution in [2.75, 3.05) is 6.54 Å². The van der Waals surface area contributed by atoms with Crippen molar-refractivity contribution in [1.29, 1.82) is 0 Å². The Labute approximate surface area is 98.0 Å². The zero-order valence-corrected chi connectivity index (χ0v) is 9.82. The lowest BCUT2D eigenvalue weighted by molar-refractivity contribution is -0.0411. The Morgan fingerprint density at radius 3 is 2.56 bits per heavy atom. The van der Waals surface area contributed by atoms with Gasteiger partial charge < -0.3 is 0 Å². The molecule has 88 valence electrons. The summed E-state index contributed by atoms with van der Waals surface area (Å²) in [5.41, 5.74) is 4.47. The number of hydrogen-bond donors (Lipinski definition) is 1. The molecule has 0 atom stereocenters. The van der Waals surface area contributed by atoms with Gasteiger partial charge in [-0.25, -0.2) is 5.48 Å². The maximum atomic E-state index is 5.65. The van der Waals surface area contributed by atoms with E-state index in [-0.39, 0.29) is 0 Å². The van der Waals surface area contributed by atoms with E-state index in [1.54, 1.807) is 0 Å². The highest BCUT2D eigenvalue weighted by atomic mass is 16.7. The predicted octanol–water partition coefficient (Wildman–Crippen LogP) is 3.08. The van der Waals surface area contributed by atoms with Crippen molar-refractivity contribution in [3.05, 3.63) is 35.9 Å². The maximum Gasteiger partial charge on any atom is 0.0790 e. The lowest BCUT2D eigenvalue weighted by atomic mass is 9.98. The molecule has 0 bridgehead atoms. The van der Waals surface area contributed by atoms with Crippen LogP contribution in [0.1, 0.15) is 37.7 Å². The van der Waals surface area contributed by atoms with Gasteiger partial charge in [0.1, 0.15) is 0 Å². The molecular weight excluding hydrogens is 198 g/mol. The molecule has 2 heteroatoms. The van der Waals surface area contributed by atoms with Crippen LogP contribution in [0.15, 0.2) is 30.3 Å². The van der Waals surface area contributed by atoms with Crippen molar-refractivity contribution in [2.45, 2.75) is 44.6 Å². The van der Waals surface area contributed by atoms with E-state index in [9.17, 15) is 0 Å². The molecule has 0 aliphatic heterocycles. The molecule has 0 saturated heterocycles. The maximum absolute atomic E-state index is 5.65. The molecule has 0 unspecified atom stereocenters. The zero-order chi connectivity index (χ0) is 11.1. The number of hydroxylamine groups is 1. The fraction of sp³-hybridized carbons (Fsp3) is 0.571. The van der Waals surface area contributed by atoms with E-state index >= 15 is 0 Å². The molecule has 1 aliphatic carbocycles. The highest BCUT2D eigenvalue weighted by Crippen LogP contribution is 2.19. The first-order chi connectivity index (χ1) is 7.95. The zero-order valence-electron chi connectivity index (χ0n) is 9.82. The Hall–Kier alpha value is -0.860. The van der Waals surface area contributed by atoms with E-state index in [2.05, 4.69) is 35.8 Å². The van der Waals surface area contributed by atoms with Crippen molar-refractivity contribution in [3.63, 3.8) is 0 Å². The van der Waals surface area contributed by atoms with Gasteiger partial charge in [0.2, 0.25) is 0 Å². The van der Waals surface area contributed by atoms with Crippen LogP contribution in [0.4, 0.5) is 0 Å². The van der Waals surface area contributed by atoms with Gasteiger partial charge in [0.15, 0.2) is 0 Å². The largest absolute Gasteiger partial charge is 0.299 e. The van der Waals surface area contributed by atoms with Crippen LogP contribution >= 0.6 is 0 Å². The summed E-state index contributed by atoms with van der Waals surface area (Å²) in [6.07, 6.45) is 7.95. The van der Waals surface area contributed by atoms with Crippen LogP contribution in [-0.4, -0.2) is 12.6 Å². The minimum Gasteiger partial charge on any atom is -0.299 e. The molecular formula is C14H21NO. The summed E-state index contributed by atoms with van der Waals surface area (Å²) in [4.78, 5) is 5.65. The van der Waals surface area contributed by atoms with E-state index in [4.69, 9.17) is 4.84 Å². The predicted molar refractivity (Wildman–Crippen MR) is 66.1 cm³/mol. The topological polar surface area (TPSA) is 21.3 Å². The smallest absolute Gasteiger partial charge is 0.0790 e. The Morgan fingerprint density at radius 1 is 1.06 bits per heavy atom. The molecule has 2 rings (SSSR count). The number of rotatable bonds is 5. The first-order valence-corrected chi connectivity index (χ1v) is 6.37. The molecule has 1 aliphatic rings. The highest BCUT2D eigenvalue weighted by Gasteiger charge is 2.13. The minimum atomic E-state index is 0.449. The Balaban J connectivity index is 1.58. The number of nitrogens with one attached hydrogen (secondary N) is 1. The standard InChI is InChI=1S/C14H21NO/c1-3-7-13(8-4-1)11-12-15-16-14-9-5-2-6-10-14/h1,3-4,7-8,14-15H,2,5-6,9-12H2. The van der Waals surface area contributed by atoms with Crippen LogP contribution in [0.25, 0.3) is 0 Å². The Kier molecular flexibility index (Phi) is 4.84. The van der Waals surface area contributed by atoms with Crippen LogP contribution in [0.3, 0.4) is 0 Å². The number of hydrogen-bond acceptors (Lipinski definition) is 2. The molecule has 1 fully saturated rings. The fourth-order valence-electron chi connectivity index (χ4n) is 2.20. The van der Waals surface area contributed by atoms with Crippen LogP contribution in [0.5, 0.6) is 0 Å². The SMILES string of the molecule is c1ccc(CCNOC2CCCCC2)cc1. The van der Waals surface area contributed by atoms with E-state index in [1.807, 2.05) is 0 Å². The summed E-state index contributed by atoms with van der Waals surface area (Å²) in [6.45, 7) is 0.903. The van der Waals surface area contributed by atoms with Crippen molar-refractivity contribution >= 4 is 0 Å². The molecule has 0 aromatic heterocycles. The quantitative estimate of drug-likeness (QED) is 0.607. The summed E-state index contributed by atoms with van der Waals surface area (Å²) in [5.74, 6) is 0. The second-order valence-corrected chi connectivity index (χ2v) is 4.51. The van der Waals surface area contributed by atoms with Crippen molar-refractivity contribution in [1.82, 2.24) is 5.48 Å². The minimum absolute atomic E-state index is 0.449. The molecule has 1 aromatic carbocycles. The lowest BCUT2D eigenvalue weighted by Crippen LogP contribution is -2.27. The molecule has 0 heterocycles. The Bertz CT molecular complexity index is 280. The van der Waals surface area contributed by atoms with Crippen molar-refractivity contribution in [2.24, 2.45) is 0 Å². The van der Waals surface area contributed by atoms with Gasteiger partial charge in [-0.2, -0.15) is 0 Å². The highest BCUT2D eigenvalue weighted by molar-refractivity contribution is 5.14. The summed E-state index contributed by atoms with van der Waals surface area (Å²) in [7, 11) is 0. The average Bonchev–Trinajstić information content (AvgIpc) is 2.37. The van der Waals surface area contributed by atoms with Gasteiger partial charge >= 0.3 is 0 Å². The third-order valence-electron chi connectivity index (χ3n) is 3.16. The molecule has 16 heavy (non-hydrogen) atoms. The number of benzene rings is 1. The van der Waals surface area contributed by atoms with Gasteiger partial charge in [0.05, 0.1) is 6.10 Å². The van der Waals surface area contributed by atoms with Crippen molar-refractivity contribution in [3.8, 4) is 0 Å². The van der Waals surface area contributed by atoms with E-state index in [0.717, 1.165) is 13.0 Å². The van der Waals surface area contributed by atoms with Crippen molar-refractivity contribution < 1.29 is 4.84 Å². The molecule has 1 aromatic rings. The van der Waals surface area contributed by atoms with E-state index < -0.39 is 0 Å². The van der Waals surface area contributed by atoms with Gasteiger partial charge in [-0.05, 0) is 24.8 Å². The molecule has 1 N–H and O–H groups in total. The third kappa shape index (κ3) is 3.95. The van der Waals surface area contributed by atoms with Crippen LogP contribution in [-0.2, 0) is 11.3 Å². The van der Waals surface area contributed by atoms with Gasteiger partial charge in [-0.1, -0.05) is 49.6 Å². The van der Waals surface area contributed by atoms with E-state index in [1.165, 1.54) is 37.7 Å². The van der Waals surface area contributed by atoms with Crippen LogP contribution < -0.4 is 5.48 Å². The summed E-state index contributed by atoms with van der Waals surface area (Å²) in [6, 6.07) is 10.5. The van der Waals surface area contributed by atoms with Gasteiger partial charge in [0.25, 0.3) is 0 Å². The monoisotopic (exact) mass is 219 g/mol. The normalized spacial score (nSPS) is 17.5. The molecule has 0 amide bonds. The van der Waals surface area contributed by atoms with E-state index in [0.29, 0.717) is 6.10 Å². The van der Waals surface area contributed by atoms with Crippen LogP contribution in [0, 0.1) is 0 Å². The summed E-state index contributed by atoms with van der Waals surface area (Å²) < 4.78 is 0. The molecule has 1 saturated carbocycles. The van der Waals surface area contributed by atoms with Crippen LogP contribution in [0.2, 0.25) is 0 Å². The molecule has 0 spiro atoms. The molecule has 0 radical (unpaired) electrons. The second kappa shape index (κ2) is 6.66. The fourth-order valence-corrected chi connectivity index (χ4v) is 2.20. The summed E-state index contributed by atoms with van der Waals surface area (Å²) >= 11 is 0. The average molecular weight is 219 g/mol. The summed E-state index contributed by atoms with van der Waals surface area (Å²) in [5, 5.41) is 0.